The number of nitrogens with one attached hydrogen (secondary N) is 1. The van der Waals surface area contributed by atoms with Gasteiger partial charge in [0.1, 0.15) is 11.3 Å². The average molecular weight is 289 g/mol. The zero-order chi connectivity index (χ0) is 15.0. The molecule has 2 heterocycles. The Labute approximate surface area is 124 Å². The normalized spacial score (nSPS) is 17.9. The van der Waals surface area contributed by atoms with E-state index in [1.165, 1.54) is 0 Å². The molecule has 0 unspecified atom stereocenters. The molecule has 5 heteroatoms. The number of aromatic amines is 1. The lowest BCUT2D eigenvalue weighted by Gasteiger charge is -2.34. The van der Waals surface area contributed by atoms with E-state index in [1.54, 1.807) is 16.7 Å². The maximum atomic E-state index is 12.1. The molecule has 5 nitrogen and oxygen atoms in total. The van der Waals surface area contributed by atoms with Crippen molar-refractivity contribution in [1.82, 2.24) is 14.5 Å². The van der Waals surface area contributed by atoms with Crippen LogP contribution in [-0.2, 0) is 6.54 Å². The number of aromatic hydroxyl groups is 1. The van der Waals surface area contributed by atoms with Crippen molar-refractivity contribution >= 4 is 11.0 Å². The van der Waals surface area contributed by atoms with Gasteiger partial charge in [0.05, 0.1) is 5.52 Å². The summed E-state index contributed by atoms with van der Waals surface area (Å²) in [6.45, 7) is 7.39. The van der Waals surface area contributed by atoms with E-state index >= 15 is 0 Å². The first-order valence-corrected chi connectivity index (χ1v) is 7.71. The summed E-state index contributed by atoms with van der Waals surface area (Å²) in [6.07, 6.45) is 2.24. The molecule has 1 aliphatic heterocycles. The van der Waals surface area contributed by atoms with Crippen molar-refractivity contribution in [2.75, 3.05) is 13.1 Å². The van der Waals surface area contributed by atoms with Crippen molar-refractivity contribution in [3.05, 3.63) is 28.7 Å². The lowest BCUT2D eigenvalue weighted by atomic mass is 9.96. The molecule has 0 amide bonds. The average Bonchev–Trinajstić information content (AvgIpc) is 2.78. The smallest absolute Gasteiger partial charge is 0.326 e. The summed E-state index contributed by atoms with van der Waals surface area (Å²) in [5.41, 5.74) is 1.21. The number of fused-ring (bicyclic) bond motifs is 1. The first-order valence-electron chi connectivity index (χ1n) is 7.71. The van der Waals surface area contributed by atoms with Crippen LogP contribution in [0.25, 0.3) is 11.0 Å². The molecule has 1 aromatic carbocycles. The van der Waals surface area contributed by atoms with Gasteiger partial charge in [0, 0.05) is 12.6 Å². The fourth-order valence-corrected chi connectivity index (χ4v) is 3.26. The molecule has 1 fully saturated rings. The highest BCUT2D eigenvalue weighted by Gasteiger charge is 2.22. The predicted molar refractivity (Wildman–Crippen MR) is 83.7 cm³/mol. The van der Waals surface area contributed by atoms with Crippen molar-refractivity contribution in [3.8, 4) is 5.75 Å². The molecule has 3 rings (SSSR count). The van der Waals surface area contributed by atoms with E-state index in [9.17, 15) is 9.90 Å². The molecule has 0 radical (unpaired) electrons. The van der Waals surface area contributed by atoms with Crippen molar-refractivity contribution in [2.24, 2.45) is 5.92 Å². The summed E-state index contributed by atoms with van der Waals surface area (Å²) in [7, 11) is 0. The first kappa shape index (κ1) is 14.2. The van der Waals surface area contributed by atoms with E-state index < -0.39 is 0 Å². The number of rotatable bonds is 3. The van der Waals surface area contributed by atoms with Crippen LogP contribution in [0.1, 0.15) is 26.7 Å². The number of phenolic OH excluding ortho intramolecular Hbond substituents is 1. The van der Waals surface area contributed by atoms with E-state index in [4.69, 9.17) is 0 Å². The highest BCUT2D eigenvalue weighted by atomic mass is 16.3. The van der Waals surface area contributed by atoms with Gasteiger partial charge in [-0.15, -0.1) is 0 Å². The third-order valence-electron chi connectivity index (χ3n) is 4.61. The predicted octanol–water partition coefficient (Wildman–Crippen LogP) is 2.16. The second-order valence-electron chi connectivity index (χ2n) is 6.29. The fraction of sp³-hybridized carbons (Fsp3) is 0.562. The molecule has 2 N–H and O–H groups in total. The number of hydrogen-bond acceptors (Lipinski definition) is 3. The number of benzene rings is 1. The second kappa shape index (κ2) is 5.56. The lowest BCUT2D eigenvalue weighted by molar-refractivity contribution is 0.142. The number of aromatic nitrogens is 2. The van der Waals surface area contributed by atoms with Crippen LogP contribution < -0.4 is 5.69 Å². The van der Waals surface area contributed by atoms with Crippen molar-refractivity contribution in [1.29, 1.82) is 0 Å². The molecular weight excluding hydrogens is 266 g/mol. The highest BCUT2D eigenvalue weighted by Crippen LogP contribution is 2.24. The van der Waals surface area contributed by atoms with Gasteiger partial charge in [-0.25, -0.2) is 4.79 Å². The Morgan fingerprint density at radius 2 is 2.05 bits per heavy atom. The SMILES string of the molecule is CC(C)N1CCC(Cn2c(=O)[nH]c3c(O)cccc32)CC1. The molecule has 0 aliphatic carbocycles. The fourth-order valence-electron chi connectivity index (χ4n) is 3.26. The van der Waals surface area contributed by atoms with Gasteiger partial charge in [-0.1, -0.05) is 6.07 Å². The maximum absolute atomic E-state index is 12.1. The number of nitrogens with zero attached hydrogens (tertiary/aromatic N) is 2. The summed E-state index contributed by atoms with van der Waals surface area (Å²) >= 11 is 0. The Bertz CT molecular complexity index is 678. The number of phenols is 1. The summed E-state index contributed by atoms with van der Waals surface area (Å²) in [4.78, 5) is 17.4. The zero-order valence-electron chi connectivity index (χ0n) is 12.7. The van der Waals surface area contributed by atoms with Crippen LogP contribution in [0.3, 0.4) is 0 Å². The van der Waals surface area contributed by atoms with Crippen LogP contribution >= 0.6 is 0 Å². The molecule has 0 spiro atoms. The summed E-state index contributed by atoms with van der Waals surface area (Å²) in [5.74, 6) is 0.664. The Kier molecular flexibility index (Phi) is 3.76. The van der Waals surface area contributed by atoms with E-state index in [0.717, 1.165) is 38.0 Å². The molecule has 1 aromatic heterocycles. The summed E-state index contributed by atoms with van der Waals surface area (Å²) in [6, 6.07) is 5.86. The van der Waals surface area contributed by atoms with Gasteiger partial charge in [-0.2, -0.15) is 0 Å². The first-order chi connectivity index (χ1) is 10.1. The number of hydrogen-bond donors (Lipinski definition) is 2. The third-order valence-corrected chi connectivity index (χ3v) is 4.61. The van der Waals surface area contributed by atoms with Crippen LogP contribution in [0.4, 0.5) is 0 Å². The van der Waals surface area contributed by atoms with Gasteiger partial charge < -0.3 is 15.0 Å². The van der Waals surface area contributed by atoms with Gasteiger partial charge in [-0.3, -0.25) is 4.57 Å². The molecular formula is C16H23N3O2. The molecule has 2 aromatic rings. The van der Waals surface area contributed by atoms with Crippen molar-refractivity contribution < 1.29 is 5.11 Å². The van der Waals surface area contributed by atoms with Gasteiger partial charge in [0.15, 0.2) is 0 Å². The third kappa shape index (κ3) is 2.70. The van der Waals surface area contributed by atoms with Crippen molar-refractivity contribution in [3.63, 3.8) is 0 Å². The van der Waals surface area contributed by atoms with E-state index in [1.807, 2.05) is 6.07 Å². The Balaban J connectivity index is 1.79. The van der Waals surface area contributed by atoms with Gasteiger partial charge >= 0.3 is 5.69 Å². The molecule has 0 saturated carbocycles. The standard InChI is InChI=1S/C16H23N3O2/c1-11(2)18-8-6-12(7-9-18)10-19-13-4-3-5-14(20)15(13)17-16(19)21/h3-5,11-12,20H,6-10H2,1-2H3,(H,17,21). The minimum Gasteiger partial charge on any atom is -0.506 e. The Morgan fingerprint density at radius 3 is 2.71 bits per heavy atom. The summed E-state index contributed by atoms with van der Waals surface area (Å²) in [5, 5.41) is 9.82. The molecule has 114 valence electrons. The van der Waals surface area contributed by atoms with Crippen LogP contribution in [0.15, 0.2) is 23.0 Å². The van der Waals surface area contributed by atoms with E-state index in [0.29, 0.717) is 17.5 Å². The highest BCUT2D eigenvalue weighted by molar-refractivity contribution is 5.81. The van der Waals surface area contributed by atoms with Crippen molar-refractivity contribution in [2.45, 2.75) is 39.3 Å². The molecule has 0 bridgehead atoms. The van der Waals surface area contributed by atoms with Crippen LogP contribution in [0.2, 0.25) is 0 Å². The van der Waals surface area contributed by atoms with Gasteiger partial charge in [0.2, 0.25) is 0 Å². The lowest BCUT2D eigenvalue weighted by Crippen LogP contribution is -2.39. The number of para-hydroxylation sites is 1. The Hall–Kier alpha value is -1.75. The second-order valence-corrected chi connectivity index (χ2v) is 6.29. The van der Waals surface area contributed by atoms with E-state index in [-0.39, 0.29) is 11.4 Å². The molecule has 0 atom stereocenters. The minimum absolute atomic E-state index is 0.127. The van der Waals surface area contributed by atoms with Gasteiger partial charge in [0.25, 0.3) is 0 Å². The minimum atomic E-state index is -0.127. The number of piperidine rings is 1. The number of likely N-dealkylation sites (tertiary alicyclic amines) is 1. The quantitative estimate of drug-likeness (QED) is 0.910. The molecule has 1 aliphatic rings. The monoisotopic (exact) mass is 289 g/mol. The Morgan fingerprint density at radius 1 is 1.33 bits per heavy atom. The van der Waals surface area contributed by atoms with Crippen LogP contribution in [0, 0.1) is 5.92 Å². The number of H-pyrrole nitrogens is 1. The topological polar surface area (TPSA) is 61.3 Å². The molecule has 1 saturated heterocycles. The number of imidazole rings is 1. The largest absolute Gasteiger partial charge is 0.506 e. The van der Waals surface area contributed by atoms with Crippen LogP contribution in [-0.4, -0.2) is 38.7 Å². The zero-order valence-corrected chi connectivity index (χ0v) is 12.7. The summed E-state index contributed by atoms with van der Waals surface area (Å²) < 4.78 is 1.77. The maximum Gasteiger partial charge on any atom is 0.326 e. The van der Waals surface area contributed by atoms with Crippen LogP contribution in [0.5, 0.6) is 5.75 Å². The molecule has 21 heavy (non-hydrogen) atoms. The van der Waals surface area contributed by atoms with Gasteiger partial charge in [-0.05, 0) is 57.8 Å². The van der Waals surface area contributed by atoms with E-state index in [2.05, 4.69) is 23.7 Å².